The lowest BCUT2D eigenvalue weighted by Crippen LogP contribution is -2.21. The van der Waals surface area contributed by atoms with Gasteiger partial charge in [-0.05, 0) is 20.4 Å². The Morgan fingerprint density at radius 3 is 2.69 bits per heavy atom. The van der Waals surface area contributed by atoms with Gasteiger partial charge in [0, 0.05) is 30.8 Å². The third-order valence-corrected chi connectivity index (χ3v) is 2.88. The van der Waals surface area contributed by atoms with E-state index in [0.29, 0.717) is 12.2 Å². The molecule has 0 fully saturated rings. The van der Waals surface area contributed by atoms with Crippen molar-refractivity contribution < 1.29 is 9.90 Å². The monoisotopic (exact) mass is 221 g/mol. The summed E-state index contributed by atoms with van der Waals surface area (Å²) in [6.45, 7) is 3.52. The largest absolute Gasteiger partial charge is 0.477 e. The fourth-order valence-corrected chi connectivity index (χ4v) is 2.01. The number of aromatic carboxylic acids is 1. The molecule has 0 bridgehead atoms. The molecule has 5 nitrogen and oxygen atoms in total. The lowest BCUT2D eigenvalue weighted by Gasteiger charge is -2.10. The van der Waals surface area contributed by atoms with Crippen molar-refractivity contribution >= 4 is 5.97 Å². The van der Waals surface area contributed by atoms with E-state index in [-0.39, 0.29) is 5.69 Å². The molecule has 1 aliphatic heterocycles. The SMILES string of the molecule is Cc1nc2c(c(C(=O)O)n1)CCN(C)CC2. The minimum absolute atomic E-state index is 0.179. The molecule has 0 aliphatic carbocycles. The van der Waals surface area contributed by atoms with Crippen LogP contribution in [0.1, 0.15) is 27.6 Å². The van der Waals surface area contributed by atoms with Gasteiger partial charge in [-0.15, -0.1) is 0 Å². The normalized spacial score (nSPS) is 16.6. The second-order valence-corrected chi connectivity index (χ2v) is 4.15. The summed E-state index contributed by atoms with van der Waals surface area (Å²) in [5.41, 5.74) is 1.88. The first-order valence-corrected chi connectivity index (χ1v) is 5.36. The second-order valence-electron chi connectivity index (χ2n) is 4.15. The van der Waals surface area contributed by atoms with Gasteiger partial charge in [0.1, 0.15) is 5.82 Å². The number of carbonyl (C=O) groups is 1. The molecule has 0 aromatic carbocycles. The molecular formula is C11H15N3O2. The van der Waals surface area contributed by atoms with E-state index < -0.39 is 5.97 Å². The van der Waals surface area contributed by atoms with Crippen molar-refractivity contribution in [1.82, 2.24) is 14.9 Å². The quantitative estimate of drug-likeness (QED) is 0.748. The van der Waals surface area contributed by atoms with Gasteiger partial charge in [-0.2, -0.15) is 0 Å². The maximum Gasteiger partial charge on any atom is 0.354 e. The van der Waals surface area contributed by atoms with E-state index in [9.17, 15) is 4.79 Å². The first-order chi connectivity index (χ1) is 7.58. The number of rotatable bonds is 1. The van der Waals surface area contributed by atoms with Crippen molar-refractivity contribution in [2.45, 2.75) is 19.8 Å². The molecule has 2 rings (SSSR count). The Bertz CT molecular complexity index is 431. The lowest BCUT2D eigenvalue weighted by atomic mass is 10.1. The number of fused-ring (bicyclic) bond motifs is 1. The minimum atomic E-state index is -0.952. The van der Waals surface area contributed by atoms with Crippen molar-refractivity contribution in [3.63, 3.8) is 0 Å². The fourth-order valence-electron chi connectivity index (χ4n) is 2.01. The van der Waals surface area contributed by atoms with Crippen LogP contribution in [0.25, 0.3) is 0 Å². The van der Waals surface area contributed by atoms with Crippen LogP contribution < -0.4 is 0 Å². The summed E-state index contributed by atoms with van der Waals surface area (Å²) in [5.74, 6) is -0.410. The predicted octanol–water partition coefficient (Wildman–Crippen LogP) is 0.514. The van der Waals surface area contributed by atoms with Crippen LogP contribution in [0.2, 0.25) is 0 Å². The molecule has 16 heavy (non-hydrogen) atoms. The Morgan fingerprint density at radius 1 is 1.31 bits per heavy atom. The van der Waals surface area contributed by atoms with Gasteiger partial charge in [0.2, 0.25) is 0 Å². The summed E-state index contributed by atoms with van der Waals surface area (Å²) in [6, 6.07) is 0. The van der Waals surface area contributed by atoms with Crippen LogP contribution in [-0.2, 0) is 12.8 Å². The smallest absolute Gasteiger partial charge is 0.354 e. The lowest BCUT2D eigenvalue weighted by molar-refractivity contribution is 0.0688. The second kappa shape index (κ2) is 4.17. The zero-order valence-electron chi connectivity index (χ0n) is 9.53. The van der Waals surface area contributed by atoms with Crippen molar-refractivity contribution in [3.8, 4) is 0 Å². The van der Waals surface area contributed by atoms with Gasteiger partial charge in [-0.25, -0.2) is 14.8 Å². The number of hydrogen-bond donors (Lipinski definition) is 1. The molecule has 1 N–H and O–H groups in total. The van der Waals surface area contributed by atoms with Gasteiger partial charge in [-0.1, -0.05) is 0 Å². The van der Waals surface area contributed by atoms with Gasteiger partial charge >= 0.3 is 5.97 Å². The van der Waals surface area contributed by atoms with E-state index in [2.05, 4.69) is 14.9 Å². The first kappa shape index (κ1) is 11.0. The third-order valence-electron chi connectivity index (χ3n) is 2.88. The summed E-state index contributed by atoms with van der Waals surface area (Å²) in [6.07, 6.45) is 1.52. The first-order valence-electron chi connectivity index (χ1n) is 5.36. The summed E-state index contributed by atoms with van der Waals surface area (Å²) in [7, 11) is 2.03. The minimum Gasteiger partial charge on any atom is -0.477 e. The van der Waals surface area contributed by atoms with Gasteiger partial charge < -0.3 is 10.0 Å². The van der Waals surface area contributed by atoms with E-state index in [0.717, 1.165) is 30.8 Å². The van der Waals surface area contributed by atoms with Crippen molar-refractivity contribution in [3.05, 3.63) is 22.8 Å². The van der Waals surface area contributed by atoms with Crippen LogP contribution in [0.4, 0.5) is 0 Å². The van der Waals surface area contributed by atoms with Crippen LogP contribution in [0.15, 0.2) is 0 Å². The maximum atomic E-state index is 11.1. The molecule has 0 radical (unpaired) electrons. The third kappa shape index (κ3) is 2.04. The van der Waals surface area contributed by atoms with Gasteiger partial charge in [0.15, 0.2) is 5.69 Å². The van der Waals surface area contributed by atoms with Crippen molar-refractivity contribution in [2.24, 2.45) is 0 Å². The van der Waals surface area contributed by atoms with Gasteiger partial charge in [0.05, 0.1) is 0 Å². The number of nitrogens with zero attached hydrogens (tertiary/aromatic N) is 3. The number of carboxylic acid groups (broad SMARTS) is 1. The topological polar surface area (TPSA) is 66.3 Å². The van der Waals surface area contributed by atoms with Crippen LogP contribution in [0.3, 0.4) is 0 Å². The van der Waals surface area contributed by atoms with Crippen molar-refractivity contribution in [2.75, 3.05) is 20.1 Å². The molecule has 0 amide bonds. The van der Waals surface area contributed by atoms with Crippen LogP contribution in [0.5, 0.6) is 0 Å². The molecule has 1 aromatic rings. The summed E-state index contributed by atoms with van der Waals surface area (Å²) >= 11 is 0. The van der Waals surface area contributed by atoms with Gasteiger partial charge in [-0.3, -0.25) is 0 Å². The van der Waals surface area contributed by atoms with Crippen LogP contribution in [-0.4, -0.2) is 46.1 Å². The average molecular weight is 221 g/mol. The Kier molecular flexibility index (Phi) is 2.87. The molecule has 0 unspecified atom stereocenters. The number of hydrogen-bond acceptors (Lipinski definition) is 4. The molecule has 0 saturated heterocycles. The van der Waals surface area contributed by atoms with Crippen molar-refractivity contribution in [1.29, 1.82) is 0 Å². The molecule has 1 aliphatic rings. The molecular weight excluding hydrogens is 206 g/mol. The summed E-state index contributed by atoms with van der Waals surface area (Å²) in [4.78, 5) is 21.7. The highest BCUT2D eigenvalue weighted by Crippen LogP contribution is 2.17. The van der Waals surface area contributed by atoms with E-state index in [1.54, 1.807) is 6.92 Å². The molecule has 5 heteroatoms. The van der Waals surface area contributed by atoms with E-state index in [1.807, 2.05) is 7.05 Å². The highest BCUT2D eigenvalue weighted by molar-refractivity contribution is 5.87. The maximum absolute atomic E-state index is 11.1. The molecule has 86 valence electrons. The molecule has 1 aromatic heterocycles. The molecule has 0 atom stereocenters. The number of likely N-dealkylation sites (N-methyl/N-ethyl adjacent to an activating group) is 1. The molecule has 2 heterocycles. The zero-order chi connectivity index (χ0) is 11.7. The van der Waals surface area contributed by atoms with E-state index >= 15 is 0 Å². The average Bonchev–Trinajstić information content (AvgIpc) is 2.40. The fraction of sp³-hybridized carbons (Fsp3) is 0.545. The summed E-state index contributed by atoms with van der Waals surface area (Å²) in [5, 5.41) is 9.12. The Labute approximate surface area is 94.1 Å². The molecule has 0 saturated carbocycles. The Morgan fingerprint density at radius 2 is 2.00 bits per heavy atom. The van der Waals surface area contributed by atoms with Crippen LogP contribution in [0, 0.1) is 6.92 Å². The predicted molar refractivity (Wildman–Crippen MR) is 58.6 cm³/mol. The Hall–Kier alpha value is -1.49. The van der Waals surface area contributed by atoms with Crippen LogP contribution >= 0.6 is 0 Å². The van der Waals surface area contributed by atoms with E-state index in [4.69, 9.17) is 5.11 Å². The number of carboxylic acids is 1. The number of aromatic nitrogens is 2. The summed E-state index contributed by atoms with van der Waals surface area (Å²) < 4.78 is 0. The van der Waals surface area contributed by atoms with Gasteiger partial charge in [0.25, 0.3) is 0 Å². The molecule has 0 spiro atoms. The standard InChI is InChI=1S/C11H15N3O2/c1-7-12-9-4-6-14(2)5-3-8(9)10(13-7)11(15)16/h3-6H2,1-2H3,(H,15,16). The highest BCUT2D eigenvalue weighted by Gasteiger charge is 2.21. The Balaban J connectivity index is 2.49. The highest BCUT2D eigenvalue weighted by atomic mass is 16.4. The number of aryl methyl sites for hydroxylation is 1. The zero-order valence-corrected chi connectivity index (χ0v) is 9.53. The van der Waals surface area contributed by atoms with E-state index in [1.165, 1.54) is 0 Å².